The topological polar surface area (TPSA) is 57.6 Å². The second-order valence-corrected chi connectivity index (χ2v) is 6.47. The minimum Gasteiger partial charge on any atom is -0.396 e. The summed E-state index contributed by atoms with van der Waals surface area (Å²) in [5.41, 5.74) is 0.918. The van der Waals surface area contributed by atoms with Gasteiger partial charge in [-0.3, -0.25) is 0 Å². The zero-order valence-corrected chi connectivity index (χ0v) is 12.2. The lowest BCUT2D eigenvalue weighted by atomic mass is 10.2. The summed E-state index contributed by atoms with van der Waals surface area (Å²) in [6.45, 7) is 7.61. The van der Waals surface area contributed by atoms with E-state index in [-0.39, 0.29) is 17.5 Å². The third-order valence-corrected chi connectivity index (χ3v) is 4.87. The molecule has 0 atom stereocenters. The Balaban J connectivity index is 3.07. The summed E-state index contributed by atoms with van der Waals surface area (Å²) < 4.78 is 26.3. The highest BCUT2D eigenvalue weighted by atomic mass is 32.2. The van der Waals surface area contributed by atoms with Gasteiger partial charge in [0.15, 0.2) is 0 Å². The van der Waals surface area contributed by atoms with Crippen molar-refractivity contribution in [3.8, 4) is 0 Å². The molecule has 0 radical (unpaired) electrons. The Hall–Kier alpha value is -1.17. The number of aliphatic hydroxyl groups excluding tert-OH is 1. The Bertz CT molecular complexity index is 506. The number of sulfonamides is 1. The lowest BCUT2D eigenvalue weighted by Crippen LogP contribution is -2.36. The van der Waals surface area contributed by atoms with Crippen LogP contribution in [0.2, 0.25) is 0 Å². The molecule has 0 fully saturated rings. The van der Waals surface area contributed by atoms with E-state index in [1.807, 2.05) is 13.8 Å². The molecule has 4 nitrogen and oxygen atoms in total. The van der Waals surface area contributed by atoms with Crippen molar-refractivity contribution >= 4 is 10.0 Å². The van der Waals surface area contributed by atoms with Crippen LogP contribution in [0.3, 0.4) is 0 Å². The number of rotatable bonds is 7. The fraction of sp³-hybridized carbons (Fsp3) is 0.429. The quantitative estimate of drug-likeness (QED) is 0.776. The molecule has 0 aliphatic carbocycles. The van der Waals surface area contributed by atoms with Gasteiger partial charge in [-0.1, -0.05) is 18.2 Å². The maximum absolute atomic E-state index is 12.5. The second-order valence-electron chi connectivity index (χ2n) is 4.57. The highest BCUT2D eigenvalue weighted by molar-refractivity contribution is 7.89. The zero-order valence-electron chi connectivity index (χ0n) is 11.4. The summed E-state index contributed by atoms with van der Waals surface area (Å²) in [4.78, 5) is 0.268. The Labute approximate surface area is 115 Å². The van der Waals surface area contributed by atoms with E-state index in [1.165, 1.54) is 4.31 Å². The number of hydrogen-bond acceptors (Lipinski definition) is 3. The van der Waals surface area contributed by atoms with Gasteiger partial charge in [-0.25, -0.2) is 8.42 Å². The van der Waals surface area contributed by atoms with Crippen molar-refractivity contribution in [2.24, 2.45) is 0 Å². The molecule has 1 rings (SSSR count). The highest BCUT2D eigenvalue weighted by Gasteiger charge is 2.25. The molecule has 0 saturated carbocycles. The molecule has 0 heterocycles. The molecule has 1 N–H and O–H groups in total. The average molecular weight is 283 g/mol. The molecule has 0 unspecified atom stereocenters. The first kappa shape index (κ1) is 15.9. The maximum atomic E-state index is 12.5. The highest BCUT2D eigenvalue weighted by Crippen LogP contribution is 2.18. The van der Waals surface area contributed by atoms with Gasteiger partial charge in [-0.2, -0.15) is 4.31 Å². The molecular formula is C14H21NO3S. The van der Waals surface area contributed by atoms with Crippen molar-refractivity contribution in [3.63, 3.8) is 0 Å². The van der Waals surface area contributed by atoms with Crippen molar-refractivity contribution in [1.82, 2.24) is 4.31 Å². The van der Waals surface area contributed by atoms with Crippen LogP contribution in [0.15, 0.2) is 41.8 Å². The summed E-state index contributed by atoms with van der Waals surface area (Å²) in [5, 5.41) is 8.84. The molecule has 0 bridgehead atoms. The van der Waals surface area contributed by atoms with E-state index in [4.69, 9.17) is 5.11 Å². The van der Waals surface area contributed by atoms with E-state index < -0.39 is 10.0 Å². The van der Waals surface area contributed by atoms with Gasteiger partial charge < -0.3 is 5.11 Å². The normalized spacial score (nSPS) is 12.1. The number of nitrogens with zero attached hydrogens (tertiary/aromatic N) is 1. The predicted octanol–water partition coefficient (Wildman–Crippen LogP) is 1.81. The van der Waals surface area contributed by atoms with Gasteiger partial charge >= 0.3 is 0 Å². The summed E-state index contributed by atoms with van der Waals surface area (Å²) in [7, 11) is -3.49. The summed E-state index contributed by atoms with van der Waals surface area (Å²) >= 11 is 0. The van der Waals surface area contributed by atoms with Crippen LogP contribution >= 0.6 is 0 Å². The standard InChI is InChI=1S/C14H21NO3S/c1-4-10-15(12(2)3)19(17,18)14-7-5-13(6-8-14)9-11-16/h4-8,12,16H,1,9-11H2,2-3H3. The SMILES string of the molecule is C=CCN(C(C)C)S(=O)(=O)c1ccc(CCO)cc1. The lowest BCUT2D eigenvalue weighted by Gasteiger charge is -2.24. The first-order valence-corrected chi connectivity index (χ1v) is 7.70. The van der Waals surface area contributed by atoms with Gasteiger partial charge in [0.2, 0.25) is 10.0 Å². The molecular weight excluding hydrogens is 262 g/mol. The van der Waals surface area contributed by atoms with Gasteiger partial charge in [0, 0.05) is 19.2 Å². The van der Waals surface area contributed by atoms with E-state index in [9.17, 15) is 8.42 Å². The van der Waals surface area contributed by atoms with Crippen LogP contribution in [0.25, 0.3) is 0 Å². The molecule has 5 heteroatoms. The molecule has 1 aromatic carbocycles. The Morgan fingerprint density at radius 1 is 1.32 bits per heavy atom. The third-order valence-electron chi connectivity index (χ3n) is 2.82. The fourth-order valence-electron chi connectivity index (χ4n) is 1.81. The van der Waals surface area contributed by atoms with Gasteiger partial charge in [0.05, 0.1) is 4.90 Å². The van der Waals surface area contributed by atoms with Crippen LogP contribution in [0, 0.1) is 0 Å². The van der Waals surface area contributed by atoms with Crippen LogP contribution in [0.1, 0.15) is 19.4 Å². The molecule has 0 aliphatic rings. The zero-order chi connectivity index (χ0) is 14.5. The first-order valence-electron chi connectivity index (χ1n) is 6.26. The van der Waals surface area contributed by atoms with E-state index in [0.29, 0.717) is 13.0 Å². The molecule has 0 spiro atoms. The third kappa shape index (κ3) is 3.89. The molecule has 0 amide bonds. The number of benzene rings is 1. The monoisotopic (exact) mass is 283 g/mol. The molecule has 0 saturated heterocycles. The number of hydrogen-bond donors (Lipinski definition) is 1. The van der Waals surface area contributed by atoms with Crippen molar-refractivity contribution in [2.75, 3.05) is 13.2 Å². The van der Waals surface area contributed by atoms with E-state index in [0.717, 1.165) is 5.56 Å². The van der Waals surface area contributed by atoms with Crippen LogP contribution < -0.4 is 0 Å². The van der Waals surface area contributed by atoms with Crippen molar-refractivity contribution in [2.45, 2.75) is 31.2 Å². The van der Waals surface area contributed by atoms with E-state index in [1.54, 1.807) is 30.3 Å². The Morgan fingerprint density at radius 3 is 2.32 bits per heavy atom. The summed E-state index contributed by atoms with van der Waals surface area (Å²) in [6.07, 6.45) is 2.11. The number of aliphatic hydroxyl groups is 1. The van der Waals surface area contributed by atoms with Gasteiger partial charge in [-0.05, 0) is 38.0 Å². The minimum atomic E-state index is -3.49. The summed E-state index contributed by atoms with van der Waals surface area (Å²) in [6, 6.07) is 6.50. The van der Waals surface area contributed by atoms with Gasteiger partial charge in [-0.15, -0.1) is 6.58 Å². The van der Waals surface area contributed by atoms with Gasteiger partial charge in [0.1, 0.15) is 0 Å². The first-order chi connectivity index (χ1) is 8.93. The van der Waals surface area contributed by atoms with E-state index >= 15 is 0 Å². The van der Waals surface area contributed by atoms with Crippen LogP contribution in [0.5, 0.6) is 0 Å². The maximum Gasteiger partial charge on any atom is 0.243 e. The largest absolute Gasteiger partial charge is 0.396 e. The Kier molecular flexibility index (Phi) is 5.72. The molecule has 1 aromatic rings. The fourth-order valence-corrected chi connectivity index (χ4v) is 3.41. The lowest BCUT2D eigenvalue weighted by molar-refractivity contribution is 0.299. The predicted molar refractivity (Wildman–Crippen MR) is 76.5 cm³/mol. The van der Waals surface area contributed by atoms with Crippen LogP contribution in [-0.4, -0.2) is 37.0 Å². The van der Waals surface area contributed by atoms with Crippen molar-refractivity contribution in [1.29, 1.82) is 0 Å². The van der Waals surface area contributed by atoms with Crippen LogP contribution in [0.4, 0.5) is 0 Å². The van der Waals surface area contributed by atoms with Crippen molar-refractivity contribution < 1.29 is 13.5 Å². The molecule has 106 valence electrons. The van der Waals surface area contributed by atoms with Gasteiger partial charge in [0.25, 0.3) is 0 Å². The average Bonchev–Trinajstić information content (AvgIpc) is 2.36. The molecule has 0 aromatic heterocycles. The smallest absolute Gasteiger partial charge is 0.243 e. The molecule has 0 aliphatic heterocycles. The molecule has 19 heavy (non-hydrogen) atoms. The van der Waals surface area contributed by atoms with Crippen molar-refractivity contribution in [3.05, 3.63) is 42.5 Å². The second kappa shape index (κ2) is 6.84. The summed E-state index contributed by atoms with van der Waals surface area (Å²) in [5.74, 6) is 0. The Morgan fingerprint density at radius 2 is 1.89 bits per heavy atom. The van der Waals surface area contributed by atoms with Crippen LogP contribution in [-0.2, 0) is 16.4 Å². The minimum absolute atomic E-state index is 0.0562. The van der Waals surface area contributed by atoms with E-state index in [2.05, 4.69) is 6.58 Å².